The highest BCUT2D eigenvalue weighted by Crippen LogP contribution is 2.31. The molecule has 3 rings (SSSR count). The van der Waals surface area contributed by atoms with E-state index in [0.29, 0.717) is 5.95 Å². The number of aryl methyl sites for hydroxylation is 1. The number of hydrogen-bond donors (Lipinski definition) is 3. The van der Waals surface area contributed by atoms with E-state index >= 15 is 0 Å². The first-order valence-corrected chi connectivity index (χ1v) is 6.54. The van der Waals surface area contributed by atoms with Gasteiger partial charge in [0.1, 0.15) is 0 Å². The molecule has 1 aromatic heterocycles. The van der Waals surface area contributed by atoms with E-state index < -0.39 is 0 Å². The summed E-state index contributed by atoms with van der Waals surface area (Å²) in [5.41, 5.74) is 13.5. The third-order valence-corrected chi connectivity index (χ3v) is 3.33. The highest BCUT2D eigenvalue weighted by molar-refractivity contribution is 5.93. The highest BCUT2D eigenvalue weighted by atomic mass is 16.4. The predicted molar refractivity (Wildman–Crippen MR) is 78.5 cm³/mol. The van der Waals surface area contributed by atoms with Crippen molar-refractivity contribution in [2.75, 3.05) is 17.2 Å². The Balaban J connectivity index is 2.08. The SMILES string of the molecule is N/C(=N\O)c1nc(N)nc(N2CCCc3ccccc32)n1. The quantitative estimate of drug-likeness (QED) is 0.319. The second-order valence-electron chi connectivity index (χ2n) is 4.69. The third kappa shape index (κ3) is 2.42. The minimum absolute atomic E-state index is 0.0321. The Bertz CT molecular complexity index is 701. The van der Waals surface area contributed by atoms with E-state index in [4.69, 9.17) is 16.7 Å². The molecule has 108 valence electrons. The van der Waals surface area contributed by atoms with Crippen molar-refractivity contribution < 1.29 is 5.21 Å². The summed E-state index contributed by atoms with van der Waals surface area (Å²) in [4.78, 5) is 14.2. The minimum atomic E-state index is -0.198. The van der Waals surface area contributed by atoms with Crippen LogP contribution in [0.5, 0.6) is 0 Å². The molecule has 0 saturated heterocycles. The van der Waals surface area contributed by atoms with Gasteiger partial charge in [0.2, 0.25) is 23.6 Å². The summed E-state index contributed by atoms with van der Waals surface area (Å²) < 4.78 is 0. The number of aromatic nitrogens is 3. The summed E-state index contributed by atoms with van der Waals surface area (Å²) in [5, 5.41) is 11.6. The van der Waals surface area contributed by atoms with E-state index in [1.807, 2.05) is 23.1 Å². The van der Waals surface area contributed by atoms with Crippen molar-refractivity contribution in [3.8, 4) is 0 Å². The normalized spacial score (nSPS) is 14.9. The van der Waals surface area contributed by atoms with Crippen LogP contribution in [0.3, 0.4) is 0 Å². The lowest BCUT2D eigenvalue weighted by atomic mass is 10.0. The monoisotopic (exact) mass is 285 g/mol. The minimum Gasteiger partial charge on any atom is -0.409 e. The summed E-state index contributed by atoms with van der Waals surface area (Å²) in [5.74, 6) is 0.291. The Kier molecular flexibility index (Phi) is 3.27. The number of benzene rings is 1. The largest absolute Gasteiger partial charge is 0.409 e. The van der Waals surface area contributed by atoms with Crippen molar-refractivity contribution in [1.82, 2.24) is 15.0 Å². The fourth-order valence-corrected chi connectivity index (χ4v) is 2.40. The summed E-state index contributed by atoms with van der Waals surface area (Å²) in [6.45, 7) is 0.774. The molecule has 8 nitrogen and oxygen atoms in total. The lowest BCUT2D eigenvalue weighted by molar-refractivity contribution is 0.318. The van der Waals surface area contributed by atoms with Gasteiger partial charge < -0.3 is 21.6 Å². The van der Waals surface area contributed by atoms with Crippen LogP contribution >= 0.6 is 0 Å². The number of para-hydroxylation sites is 1. The molecule has 0 fully saturated rings. The molecule has 8 heteroatoms. The van der Waals surface area contributed by atoms with Gasteiger partial charge >= 0.3 is 0 Å². The van der Waals surface area contributed by atoms with Gasteiger partial charge in [0.05, 0.1) is 0 Å². The topological polar surface area (TPSA) is 127 Å². The van der Waals surface area contributed by atoms with Crippen LogP contribution in [-0.2, 0) is 6.42 Å². The van der Waals surface area contributed by atoms with E-state index in [1.165, 1.54) is 5.56 Å². The molecule has 1 aliphatic rings. The first kappa shape index (κ1) is 13.1. The lowest BCUT2D eigenvalue weighted by Crippen LogP contribution is -2.28. The number of amidine groups is 1. The molecule has 2 heterocycles. The van der Waals surface area contributed by atoms with Crippen molar-refractivity contribution >= 4 is 23.4 Å². The molecule has 0 aliphatic carbocycles. The molecule has 0 bridgehead atoms. The number of hydrogen-bond acceptors (Lipinski definition) is 7. The zero-order valence-electron chi connectivity index (χ0n) is 11.3. The van der Waals surface area contributed by atoms with Crippen LogP contribution in [0.25, 0.3) is 0 Å². The molecule has 1 aliphatic heterocycles. The number of nitrogens with zero attached hydrogens (tertiary/aromatic N) is 5. The Morgan fingerprint density at radius 1 is 1.24 bits per heavy atom. The van der Waals surface area contributed by atoms with Gasteiger partial charge in [-0.3, -0.25) is 0 Å². The van der Waals surface area contributed by atoms with Crippen LogP contribution in [0.15, 0.2) is 29.4 Å². The zero-order valence-corrected chi connectivity index (χ0v) is 11.3. The summed E-state index contributed by atoms with van der Waals surface area (Å²) in [7, 11) is 0. The third-order valence-electron chi connectivity index (χ3n) is 3.33. The molecule has 0 atom stereocenters. The number of oxime groups is 1. The number of nitrogens with two attached hydrogens (primary N) is 2. The standard InChI is InChI=1S/C13H15N7O/c14-10(19-21)11-16-12(15)18-13(17-11)20-7-3-5-8-4-1-2-6-9(8)20/h1-2,4,6,21H,3,5,7H2,(H2,14,19)(H2,15,16,17,18). The smallest absolute Gasteiger partial charge is 0.235 e. The fraction of sp³-hybridized carbons (Fsp3) is 0.231. The van der Waals surface area contributed by atoms with Crippen LogP contribution < -0.4 is 16.4 Å². The van der Waals surface area contributed by atoms with E-state index in [9.17, 15) is 0 Å². The van der Waals surface area contributed by atoms with E-state index in [2.05, 4.69) is 26.2 Å². The predicted octanol–water partition coefficient (Wildman–Crippen LogP) is 0.633. The summed E-state index contributed by atoms with van der Waals surface area (Å²) in [6, 6.07) is 8.06. The van der Waals surface area contributed by atoms with Crippen LogP contribution in [0.1, 0.15) is 17.8 Å². The molecular formula is C13H15N7O. The molecule has 5 N–H and O–H groups in total. The van der Waals surface area contributed by atoms with Crippen LogP contribution in [0.4, 0.5) is 17.6 Å². The van der Waals surface area contributed by atoms with Gasteiger partial charge in [0, 0.05) is 12.2 Å². The fourth-order valence-electron chi connectivity index (χ4n) is 2.40. The van der Waals surface area contributed by atoms with Crippen molar-refractivity contribution in [3.63, 3.8) is 0 Å². The van der Waals surface area contributed by atoms with Crippen molar-refractivity contribution in [2.24, 2.45) is 10.9 Å². The van der Waals surface area contributed by atoms with Gasteiger partial charge in [0.25, 0.3) is 0 Å². The Morgan fingerprint density at radius 2 is 2.05 bits per heavy atom. The summed E-state index contributed by atoms with van der Waals surface area (Å²) >= 11 is 0. The van der Waals surface area contributed by atoms with Crippen molar-refractivity contribution in [2.45, 2.75) is 12.8 Å². The molecular weight excluding hydrogens is 270 g/mol. The first-order valence-electron chi connectivity index (χ1n) is 6.54. The molecule has 0 spiro atoms. The maximum absolute atomic E-state index is 8.75. The van der Waals surface area contributed by atoms with E-state index in [-0.39, 0.29) is 17.6 Å². The number of anilines is 3. The van der Waals surface area contributed by atoms with Crippen LogP contribution in [0.2, 0.25) is 0 Å². The second kappa shape index (κ2) is 5.23. The Hall–Kier alpha value is -2.90. The summed E-state index contributed by atoms with van der Waals surface area (Å²) in [6.07, 6.45) is 2.00. The number of fused-ring (bicyclic) bond motifs is 1. The Morgan fingerprint density at radius 3 is 2.86 bits per heavy atom. The molecule has 2 aromatic rings. The molecule has 0 amide bonds. The van der Waals surface area contributed by atoms with E-state index in [1.54, 1.807) is 0 Å². The molecule has 0 radical (unpaired) electrons. The lowest BCUT2D eigenvalue weighted by Gasteiger charge is -2.29. The average molecular weight is 285 g/mol. The maximum Gasteiger partial charge on any atom is 0.235 e. The molecule has 0 saturated carbocycles. The highest BCUT2D eigenvalue weighted by Gasteiger charge is 2.21. The van der Waals surface area contributed by atoms with Gasteiger partial charge in [-0.2, -0.15) is 15.0 Å². The van der Waals surface area contributed by atoms with Crippen LogP contribution in [0, 0.1) is 0 Å². The van der Waals surface area contributed by atoms with Crippen LogP contribution in [-0.4, -0.2) is 32.5 Å². The van der Waals surface area contributed by atoms with Gasteiger partial charge in [-0.25, -0.2) is 0 Å². The molecule has 0 unspecified atom stereocenters. The zero-order chi connectivity index (χ0) is 14.8. The average Bonchev–Trinajstić information content (AvgIpc) is 2.53. The van der Waals surface area contributed by atoms with E-state index in [0.717, 1.165) is 25.1 Å². The second-order valence-corrected chi connectivity index (χ2v) is 4.69. The van der Waals surface area contributed by atoms with Crippen molar-refractivity contribution in [3.05, 3.63) is 35.7 Å². The number of nitrogen functional groups attached to an aromatic ring is 1. The maximum atomic E-state index is 8.75. The van der Waals surface area contributed by atoms with Crippen molar-refractivity contribution in [1.29, 1.82) is 0 Å². The van der Waals surface area contributed by atoms with Gasteiger partial charge in [0.15, 0.2) is 0 Å². The van der Waals surface area contributed by atoms with Gasteiger partial charge in [-0.1, -0.05) is 23.4 Å². The van der Waals surface area contributed by atoms with Gasteiger partial charge in [-0.05, 0) is 24.5 Å². The molecule has 1 aromatic carbocycles. The Labute approximate surface area is 121 Å². The van der Waals surface area contributed by atoms with Gasteiger partial charge in [-0.15, -0.1) is 0 Å². The first-order chi connectivity index (χ1) is 10.2. The molecule has 21 heavy (non-hydrogen) atoms. The number of rotatable bonds is 2.